The highest BCUT2D eigenvalue weighted by Crippen LogP contribution is 2.27. The molecule has 0 unspecified atom stereocenters. The lowest BCUT2D eigenvalue weighted by molar-refractivity contribution is -0.135. The Labute approximate surface area is 104 Å². The summed E-state index contributed by atoms with van der Waals surface area (Å²) in [6.45, 7) is 0. The van der Waals surface area contributed by atoms with E-state index in [1.54, 1.807) is 0 Å². The quantitative estimate of drug-likeness (QED) is 0.643. The Morgan fingerprint density at radius 1 is 1.33 bits per heavy atom. The summed E-state index contributed by atoms with van der Waals surface area (Å²) in [4.78, 5) is 21.2. The molecule has 0 saturated carbocycles. The Morgan fingerprint density at radius 3 is 2.50 bits per heavy atom. The minimum Gasteiger partial charge on any atom is -0.496 e. The number of hydrogen-bond acceptors (Lipinski definition) is 4. The lowest BCUT2D eigenvalue weighted by atomic mass is 10.1. The van der Waals surface area contributed by atoms with Crippen molar-refractivity contribution < 1.29 is 24.2 Å². The molecule has 0 spiro atoms. The molecule has 5 heteroatoms. The van der Waals surface area contributed by atoms with Crippen molar-refractivity contribution in [2.45, 2.75) is 6.42 Å². The summed E-state index contributed by atoms with van der Waals surface area (Å²) < 4.78 is 10.1. The van der Waals surface area contributed by atoms with E-state index in [-0.39, 0.29) is 6.42 Å². The first-order chi connectivity index (χ1) is 8.62. The predicted octanol–water partition coefficient (Wildman–Crippen LogP) is 1.34. The molecule has 1 N–H and O–H groups in total. The van der Waals surface area contributed by atoms with Gasteiger partial charge in [0.05, 0.1) is 25.3 Å². The molecule has 1 aromatic rings. The van der Waals surface area contributed by atoms with Crippen LogP contribution in [0.5, 0.6) is 11.5 Å². The summed E-state index contributed by atoms with van der Waals surface area (Å²) in [5.41, 5.74) is 0.819. The zero-order chi connectivity index (χ0) is 13.5. The van der Waals surface area contributed by atoms with Crippen molar-refractivity contribution in [1.29, 1.82) is 0 Å². The fraction of sp³-hybridized carbons (Fsp3) is 0.231. The summed E-state index contributed by atoms with van der Waals surface area (Å²) in [7, 11) is 2.88. The molecule has 0 radical (unpaired) electrons. The maximum absolute atomic E-state index is 10.8. The summed E-state index contributed by atoms with van der Waals surface area (Å²) in [5.74, 6) is 4.92. The fourth-order valence-corrected chi connectivity index (χ4v) is 1.33. The summed E-state index contributed by atoms with van der Waals surface area (Å²) in [6, 6.07) is 3.04. The van der Waals surface area contributed by atoms with Gasteiger partial charge in [-0.2, -0.15) is 0 Å². The van der Waals surface area contributed by atoms with Gasteiger partial charge >= 0.3 is 5.97 Å². The SMILES string of the molecule is COc1cc(C=O)c(OC)cc1C#CCC(=O)O. The lowest BCUT2D eigenvalue weighted by Gasteiger charge is -2.08. The highest BCUT2D eigenvalue weighted by molar-refractivity contribution is 5.81. The first-order valence-electron chi connectivity index (χ1n) is 5.04. The third-order valence-corrected chi connectivity index (χ3v) is 2.14. The molecule has 0 aliphatic rings. The summed E-state index contributed by atoms with van der Waals surface area (Å²) in [5, 5.41) is 8.50. The molecule has 0 heterocycles. The summed E-state index contributed by atoms with van der Waals surface area (Å²) in [6.07, 6.45) is 0.386. The second kappa shape index (κ2) is 6.30. The van der Waals surface area contributed by atoms with Crippen molar-refractivity contribution >= 4 is 12.3 Å². The molecule has 0 amide bonds. The van der Waals surface area contributed by atoms with E-state index in [4.69, 9.17) is 14.6 Å². The van der Waals surface area contributed by atoms with Gasteiger partial charge < -0.3 is 14.6 Å². The first-order valence-corrected chi connectivity index (χ1v) is 5.04. The topological polar surface area (TPSA) is 72.8 Å². The number of aldehydes is 1. The average molecular weight is 248 g/mol. The highest BCUT2D eigenvalue weighted by Gasteiger charge is 2.09. The van der Waals surface area contributed by atoms with Crippen LogP contribution < -0.4 is 9.47 Å². The van der Waals surface area contributed by atoms with Crippen LogP contribution in [0.1, 0.15) is 22.3 Å². The third-order valence-electron chi connectivity index (χ3n) is 2.14. The van der Waals surface area contributed by atoms with Crippen LogP contribution in [0.4, 0.5) is 0 Å². The maximum Gasteiger partial charge on any atom is 0.315 e. The van der Waals surface area contributed by atoms with Crippen LogP contribution >= 0.6 is 0 Å². The van der Waals surface area contributed by atoms with Gasteiger partial charge in [-0.1, -0.05) is 11.8 Å². The zero-order valence-corrected chi connectivity index (χ0v) is 10.0. The second-order valence-electron chi connectivity index (χ2n) is 3.28. The minimum absolute atomic E-state index is 0.263. The van der Waals surface area contributed by atoms with Gasteiger partial charge in [-0.05, 0) is 6.07 Å². The number of ether oxygens (including phenoxy) is 2. The van der Waals surface area contributed by atoms with Crippen LogP contribution in [0.3, 0.4) is 0 Å². The van der Waals surface area contributed by atoms with Crippen LogP contribution in [0, 0.1) is 11.8 Å². The fourth-order valence-electron chi connectivity index (χ4n) is 1.33. The van der Waals surface area contributed by atoms with Crippen LogP contribution in [-0.2, 0) is 4.79 Å². The minimum atomic E-state index is -1.00. The number of rotatable bonds is 4. The largest absolute Gasteiger partial charge is 0.496 e. The van der Waals surface area contributed by atoms with Gasteiger partial charge in [-0.25, -0.2) is 0 Å². The van der Waals surface area contributed by atoms with Gasteiger partial charge in [0.25, 0.3) is 0 Å². The molecular formula is C13H12O5. The number of hydrogen-bond donors (Lipinski definition) is 1. The van der Waals surface area contributed by atoms with Crippen LogP contribution in [-0.4, -0.2) is 31.6 Å². The molecule has 94 valence electrons. The number of methoxy groups -OCH3 is 2. The molecule has 5 nitrogen and oxygen atoms in total. The van der Waals surface area contributed by atoms with E-state index in [9.17, 15) is 9.59 Å². The Balaban J connectivity index is 3.19. The smallest absolute Gasteiger partial charge is 0.315 e. The van der Waals surface area contributed by atoms with E-state index in [1.807, 2.05) is 0 Å². The zero-order valence-electron chi connectivity index (χ0n) is 10.0. The van der Waals surface area contributed by atoms with Gasteiger partial charge in [-0.3, -0.25) is 9.59 Å². The van der Waals surface area contributed by atoms with E-state index in [2.05, 4.69) is 11.8 Å². The Kier molecular flexibility index (Phi) is 4.76. The number of carbonyl (C=O) groups is 2. The molecular weight excluding hydrogens is 236 g/mol. The molecule has 0 bridgehead atoms. The monoisotopic (exact) mass is 248 g/mol. The molecule has 1 aromatic carbocycles. The number of aliphatic carboxylic acids is 1. The molecule has 0 saturated heterocycles. The number of carboxylic acids is 1. The van der Waals surface area contributed by atoms with E-state index >= 15 is 0 Å². The van der Waals surface area contributed by atoms with Crippen molar-refractivity contribution in [3.05, 3.63) is 23.3 Å². The van der Waals surface area contributed by atoms with Gasteiger partial charge in [0.15, 0.2) is 6.29 Å². The molecule has 18 heavy (non-hydrogen) atoms. The van der Waals surface area contributed by atoms with E-state index in [0.717, 1.165) is 0 Å². The Bertz CT molecular complexity index is 522. The van der Waals surface area contributed by atoms with Crippen LogP contribution in [0.25, 0.3) is 0 Å². The Morgan fingerprint density at radius 2 is 2.00 bits per heavy atom. The van der Waals surface area contributed by atoms with Gasteiger partial charge in [-0.15, -0.1) is 0 Å². The van der Waals surface area contributed by atoms with Crippen LogP contribution in [0.2, 0.25) is 0 Å². The molecule has 1 rings (SSSR count). The molecule has 0 fully saturated rings. The van der Waals surface area contributed by atoms with Crippen molar-refractivity contribution in [3.8, 4) is 23.3 Å². The normalized spacial score (nSPS) is 9.00. The third kappa shape index (κ3) is 3.25. The number of benzene rings is 1. The Hall–Kier alpha value is -2.48. The number of carboxylic acid groups (broad SMARTS) is 1. The van der Waals surface area contributed by atoms with Crippen molar-refractivity contribution in [3.63, 3.8) is 0 Å². The van der Waals surface area contributed by atoms with Crippen molar-refractivity contribution in [1.82, 2.24) is 0 Å². The van der Waals surface area contributed by atoms with Gasteiger partial charge in [0.1, 0.15) is 17.9 Å². The van der Waals surface area contributed by atoms with Crippen LogP contribution in [0.15, 0.2) is 12.1 Å². The molecule has 0 atom stereocenters. The summed E-state index contributed by atoms with van der Waals surface area (Å²) >= 11 is 0. The van der Waals surface area contributed by atoms with E-state index < -0.39 is 5.97 Å². The van der Waals surface area contributed by atoms with Crippen molar-refractivity contribution in [2.24, 2.45) is 0 Å². The number of carbonyl (C=O) groups excluding carboxylic acids is 1. The van der Waals surface area contributed by atoms with Gasteiger partial charge in [0, 0.05) is 6.07 Å². The average Bonchev–Trinajstić information content (AvgIpc) is 2.37. The standard InChI is InChI=1S/C13H12O5/c1-17-11-7-10(8-14)12(18-2)6-9(11)4-3-5-13(15)16/h6-8H,5H2,1-2H3,(H,15,16). The second-order valence-corrected chi connectivity index (χ2v) is 3.28. The van der Waals surface area contributed by atoms with E-state index in [0.29, 0.717) is 28.9 Å². The predicted molar refractivity (Wildman–Crippen MR) is 64.1 cm³/mol. The first kappa shape index (κ1) is 13.6. The molecule has 0 aromatic heterocycles. The lowest BCUT2D eigenvalue weighted by Crippen LogP contribution is -1.96. The maximum atomic E-state index is 10.8. The molecule has 0 aliphatic heterocycles. The highest BCUT2D eigenvalue weighted by atomic mass is 16.5. The van der Waals surface area contributed by atoms with Crippen molar-refractivity contribution in [2.75, 3.05) is 14.2 Å². The molecule has 0 aliphatic carbocycles. The van der Waals surface area contributed by atoms with Gasteiger partial charge in [0.2, 0.25) is 0 Å². The van der Waals surface area contributed by atoms with E-state index in [1.165, 1.54) is 26.4 Å².